The Morgan fingerprint density at radius 2 is 2.07 bits per heavy atom. The molecule has 0 spiro atoms. The number of halogens is 1. The second kappa shape index (κ2) is 9.34. The first kappa shape index (κ1) is 19.9. The van der Waals surface area contributed by atoms with Gasteiger partial charge in [-0.2, -0.15) is 5.10 Å². The lowest BCUT2D eigenvalue weighted by Gasteiger charge is -2.05. The summed E-state index contributed by atoms with van der Waals surface area (Å²) >= 11 is 7.36. The number of aromatic nitrogens is 1. The quantitative estimate of drug-likeness (QED) is 0.330. The van der Waals surface area contributed by atoms with Crippen LogP contribution >= 0.6 is 22.9 Å². The average molecular weight is 416 g/mol. The van der Waals surface area contributed by atoms with E-state index < -0.39 is 5.97 Å². The Bertz CT molecular complexity index is 990. The third-order valence-electron chi connectivity index (χ3n) is 3.67. The molecule has 0 aliphatic rings. The van der Waals surface area contributed by atoms with Gasteiger partial charge in [0.05, 0.1) is 30.6 Å². The van der Waals surface area contributed by atoms with E-state index in [9.17, 15) is 4.79 Å². The predicted molar refractivity (Wildman–Crippen MR) is 113 cm³/mol. The molecule has 0 saturated heterocycles. The number of methoxy groups -OCH3 is 1. The molecule has 28 heavy (non-hydrogen) atoms. The maximum atomic E-state index is 12.1. The first-order valence-electron chi connectivity index (χ1n) is 8.48. The van der Waals surface area contributed by atoms with Gasteiger partial charge in [-0.1, -0.05) is 53.3 Å². The van der Waals surface area contributed by atoms with Crippen LogP contribution in [0.4, 0.5) is 5.13 Å². The van der Waals surface area contributed by atoms with Crippen molar-refractivity contribution in [3.8, 4) is 17.0 Å². The van der Waals surface area contributed by atoms with Crippen molar-refractivity contribution < 1.29 is 14.3 Å². The largest absolute Gasteiger partial charge is 0.492 e. The molecule has 0 bridgehead atoms. The number of carbonyl (C=O) groups is 1. The molecule has 0 fully saturated rings. The summed E-state index contributed by atoms with van der Waals surface area (Å²) in [6.07, 6.45) is 1.61. The summed E-state index contributed by atoms with van der Waals surface area (Å²) in [5.74, 6) is 0.191. The zero-order chi connectivity index (χ0) is 19.9. The highest BCUT2D eigenvalue weighted by Gasteiger charge is 2.19. The molecule has 0 aliphatic carbocycles. The number of anilines is 1. The molecule has 3 aromatic rings. The number of rotatable bonds is 7. The minimum Gasteiger partial charge on any atom is -0.492 e. The molecule has 0 amide bonds. The molecule has 0 saturated carbocycles. The molecule has 1 N–H and O–H groups in total. The maximum absolute atomic E-state index is 12.1. The lowest BCUT2D eigenvalue weighted by atomic mass is 10.1. The monoisotopic (exact) mass is 415 g/mol. The Morgan fingerprint density at radius 3 is 2.75 bits per heavy atom. The summed E-state index contributed by atoms with van der Waals surface area (Å²) in [5, 5.41) is 5.18. The first-order chi connectivity index (χ1) is 13.6. The summed E-state index contributed by atoms with van der Waals surface area (Å²) in [6, 6.07) is 14.8. The van der Waals surface area contributed by atoms with E-state index >= 15 is 0 Å². The van der Waals surface area contributed by atoms with Gasteiger partial charge in [0.1, 0.15) is 10.6 Å². The van der Waals surface area contributed by atoms with Crippen molar-refractivity contribution in [3.05, 3.63) is 64.0 Å². The van der Waals surface area contributed by atoms with E-state index in [2.05, 4.69) is 15.5 Å². The molecule has 3 rings (SSSR count). The highest BCUT2D eigenvalue weighted by molar-refractivity contribution is 7.17. The fourth-order valence-corrected chi connectivity index (χ4v) is 3.52. The molecule has 8 heteroatoms. The van der Waals surface area contributed by atoms with Crippen molar-refractivity contribution in [1.82, 2.24) is 4.98 Å². The molecule has 0 aliphatic heterocycles. The van der Waals surface area contributed by atoms with Crippen molar-refractivity contribution in [2.24, 2.45) is 5.10 Å². The molecule has 2 aromatic carbocycles. The van der Waals surface area contributed by atoms with Crippen molar-refractivity contribution >= 4 is 40.3 Å². The summed E-state index contributed by atoms with van der Waals surface area (Å²) in [7, 11) is 1.34. The van der Waals surface area contributed by atoms with Crippen molar-refractivity contribution in [1.29, 1.82) is 0 Å². The van der Waals surface area contributed by atoms with E-state index in [1.54, 1.807) is 18.3 Å². The standard InChI is InChI=1S/C20H18ClN3O3S/c1-3-27-16-10-9-13(11-15(16)21)12-22-24-20-23-17(14-7-5-4-6-8-14)18(28-20)19(25)26-2/h4-12H,3H2,1-2H3,(H,23,24)/b22-12-. The molecule has 144 valence electrons. The van der Waals surface area contributed by atoms with Gasteiger partial charge >= 0.3 is 5.97 Å². The first-order valence-corrected chi connectivity index (χ1v) is 9.67. The number of carbonyl (C=O) groups excluding carboxylic acids is 1. The van der Waals surface area contributed by atoms with E-state index in [0.29, 0.717) is 33.1 Å². The van der Waals surface area contributed by atoms with Crippen LogP contribution in [0.2, 0.25) is 5.02 Å². The Hall–Kier alpha value is -2.90. The molecule has 0 unspecified atom stereocenters. The molecule has 6 nitrogen and oxygen atoms in total. The molecule has 1 aromatic heterocycles. The van der Waals surface area contributed by atoms with Crippen LogP contribution in [0, 0.1) is 0 Å². The molecular formula is C20H18ClN3O3S. The number of esters is 1. The van der Waals surface area contributed by atoms with Gasteiger partial charge < -0.3 is 9.47 Å². The fraction of sp³-hybridized carbons (Fsp3) is 0.150. The normalized spacial score (nSPS) is 10.8. The number of hydrogen-bond acceptors (Lipinski definition) is 7. The second-order valence-corrected chi connectivity index (χ2v) is 6.95. The Labute approximate surface area is 171 Å². The number of benzene rings is 2. The minimum absolute atomic E-state index is 0.413. The van der Waals surface area contributed by atoms with E-state index in [1.165, 1.54) is 18.4 Å². The van der Waals surface area contributed by atoms with Gasteiger partial charge in [0.15, 0.2) is 0 Å². The summed E-state index contributed by atoms with van der Waals surface area (Å²) in [5.41, 5.74) is 5.04. The third-order valence-corrected chi connectivity index (χ3v) is 4.91. The van der Waals surface area contributed by atoms with Crippen LogP contribution in [0.15, 0.2) is 53.6 Å². The highest BCUT2D eigenvalue weighted by Crippen LogP contribution is 2.31. The van der Waals surface area contributed by atoms with Crippen LogP contribution in [-0.2, 0) is 4.74 Å². The highest BCUT2D eigenvalue weighted by atomic mass is 35.5. The van der Waals surface area contributed by atoms with Gasteiger partial charge in [-0.25, -0.2) is 9.78 Å². The van der Waals surface area contributed by atoms with Crippen LogP contribution in [-0.4, -0.2) is 30.9 Å². The SMILES string of the molecule is CCOc1ccc(/C=N\Nc2nc(-c3ccccc3)c(C(=O)OC)s2)cc1Cl. The van der Waals surface area contributed by atoms with Crippen LogP contribution < -0.4 is 10.2 Å². The Morgan fingerprint density at radius 1 is 1.29 bits per heavy atom. The predicted octanol–water partition coefficient (Wildman–Crippen LogP) is 5.09. The maximum Gasteiger partial charge on any atom is 0.350 e. The molecular weight excluding hydrogens is 398 g/mol. The van der Waals surface area contributed by atoms with E-state index in [4.69, 9.17) is 21.1 Å². The molecule has 0 atom stereocenters. The van der Waals surface area contributed by atoms with E-state index in [-0.39, 0.29) is 0 Å². The number of hydrazone groups is 1. The van der Waals surface area contributed by atoms with Crippen molar-refractivity contribution in [2.45, 2.75) is 6.92 Å². The lowest BCUT2D eigenvalue weighted by molar-refractivity contribution is 0.0607. The van der Waals surface area contributed by atoms with Crippen LogP contribution in [0.1, 0.15) is 22.2 Å². The lowest BCUT2D eigenvalue weighted by Crippen LogP contribution is -2.00. The third kappa shape index (κ3) is 4.68. The second-order valence-electron chi connectivity index (χ2n) is 5.55. The van der Waals surface area contributed by atoms with Gasteiger partial charge in [0.25, 0.3) is 0 Å². The average Bonchev–Trinajstić information content (AvgIpc) is 3.14. The molecule has 1 heterocycles. The van der Waals surface area contributed by atoms with Gasteiger partial charge in [-0.05, 0) is 30.7 Å². The van der Waals surface area contributed by atoms with Gasteiger partial charge in [-0.3, -0.25) is 5.43 Å². The van der Waals surface area contributed by atoms with Crippen LogP contribution in [0.3, 0.4) is 0 Å². The zero-order valence-corrected chi connectivity index (χ0v) is 16.9. The van der Waals surface area contributed by atoms with Gasteiger partial charge in [0, 0.05) is 5.56 Å². The van der Waals surface area contributed by atoms with Gasteiger partial charge in [0.2, 0.25) is 5.13 Å². The van der Waals surface area contributed by atoms with E-state index in [0.717, 1.165) is 11.1 Å². The number of hydrogen-bond donors (Lipinski definition) is 1. The smallest absolute Gasteiger partial charge is 0.350 e. The summed E-state index contributed by atoms with van der Waals surface area (Å²) in [4.78, 5) is 17.0. The van der Waals surface area contributed by atoms with Gasteiger partial charge in [-0.15, -0.1) is 0 Å². The summed E-state index contributed by atoms with van der Waals surface area (Å²) < 4.78 is 10.3. The summed E-state index contributed by atoms with van der Waals surface area (Å²) in [6.45, 7) is 2.45. The topological polar surface area (TPSA) is 72.8 Å². The van der Waals surface area contributed by atoms with Crippen LogP contribution in [0.5, 0.6) is 5.75 Å². The Kier molecular flexibility index (Phi) is 6.62. The number of ether oxygens (including phenoxy) is 2. The van der Waals surface area contributed by atoms with E-state index in [1.807, 2.05) is 43.3 Å². The Balaban J connectivity index is 1.79. The number of nitrogens with one attached hydrogen (secondary N) is 1. The number of thiazole rings is 1. The van der Waals surface area contributed by atoms with Crippen molar-refractivity contribution in [2.75, 3.05) is 19.1 Å². The minimum atomic E-state index is -0.438. The zero-order valence-electron chi connectivity index (χ0n) is 15.3. The fourth-order valence-electron chi connectivity index (χ4n) is 2.42. The number of nitrogens with zero attached hydrogens (tertiary/aromatic N) is 2. The van der Waals surface area contributed by atoms with Crippen LogP contribution in [0.25, 0.3) is 11.3 Å². The molecule has 0 radical (unpaired) electrons. The van der Waals surface area contributed by atoms with Crippen molar-refractivity contribution in [3.63, 3.8) is 0 Å².